The van der Waals surface area contributed by atoms with Crippen LogP contribution in [0.2, 0.25) is 0 Å². The zero-order chi connectivity index (χ0) is 25.0. The largest absolute Gasteiger partial charge is 0.336 e. The molecule has 0 radical (unpaired) electrons. The van der Waals surface area contributed by atoms with Gasteiger partial charge in [0.15, 0.2) is 5.60 Å². The maximum Gasteiger partial charge on any atom is 0.274 e. The van der Waals surface area contributed by atoms with Crippen LogP contribution in [-0.2, 0) is 31.0 Å². The molecule has 2 aliphatic heterocycles. The molecule has 0 saturated carbocycles. The first-order chi connectivity index (χ1) is 17.5. The molecule has 1 saturated heterocycles. The van der Waals surface area contributed by atoms with Gasteiger partial charge in [-0.05, 0) is 23.3 Å². The Morgan fingerprint density at radius 3 is 1.97 bits per heavy atom. The van der Waals surface area contributed by atoms with Crippen molar-refractivity contribution in [1.29, 1.82) is 0 Å². The summed E-state index contributed by atoms with van der Waals surface area (Å²) in [6.07, 6.45) is 0. The molecule has 0 aliphatic carbocycles. The smallest absolute Gasteiger partial charge is 0.274 e. The van der Waals surface area contributed by atoms with E-state index in [2.05, 4.69) is 0 Å². The van der Waals surface area contributed by atoms with E-state index in [0.717, 1.165) is 0 Å². The molecule has 180 valence electrons. The van der Waals surface area contributed by atoms with E-state index in [0.29, 0.717) is 22.3 Å². The van der Waals surface area contributed by atoms with Crippen molar-refractivity contribution in [2.75, 3.05) is 7.11 Å². The van der Waals surface area contributed by atoms with Gasteiger partial charge in [0, 0.05) is 18.2 Å². The van der Waals surface area contributed by atoms with Crippen LogP contribution in [0.4, 0.5) is 0 Å². The summed E-state index contributed by atoms with van der Waals surface area (Å²) in [6.45, 7) is 0. The predicted molar refractivity (Wildman–Crippen MR) is 133 cm³/mol. The molecular formula is C29H23NO5S. The van der Waals surface area contributed by atoms with Gasteiger partial charge in [0.25, 0.3) is 5.91 Å². The van der Waals surface area contributed by atoms with Crippen molar-refractivity contribution in [2.24, 2.45) is 0 Å². The van der Waals surface area contributed by atoms with Gasteiger partial charge in [0.05, 0.1) is 10.9 Å². The maximum atomic E-state index is 14.5. The Morgan fingerprint density at radius 2 is 1.33 bits per heavy atom. The lowest BCUT2D eigenvalue weighted by Crippen LogP contribution is -2.49. The van der Waals surface area contributed by atoms with Crippen LogP contribution in [0.3, 0.4) is 0 Å². The Morgan fingerprint density at radius 1 is 0.778 bits per heavy atom. The van der Waals surface area contributed by atoms with Gasteiger partial charge in [-0.1, -0.05) is 103 Å². The zero-order valence-electron chi connectivity index (χ0n) is 19.4. The Labute approximate surface area is 209 Å². The minimum absolute atomic E-state index is 0.0756. The van der Waals surface area contributed by atoms with Crippen LogP contribution in [-0.4, -0.2) is 25.6 Å². The van der Waals surface area contributed by atoms with Crippen molar-refractivity contribution in [3.8, 4) is 0 Å². The number of carbonyl (C=O) groups excluding carboxylic acids is 1. The van der Waals surface area contributed by atoms with E-state index < -0.39 is 27.6 Å². The lowest BCUT2D eigenvalue weighted by atomic mass is 9.76. The number of carbonyl (C=O) groups is 1. The summed E-state index contributed by atoms with van der Waals surface area (Å²) < 4.78 is 42.9. The number of ketones is 1. The number of ether oxygens (including phenoxy) is 2. The summed E-state index contributed by atoms with van der Waals surface area (Å²) in [4.78, 5) is 14.5. The summed E-state index contributed by atoms with van der Waals surface area (Å²) in [5.41, 5.74) is 0.184. The molecule has 1 fully saturated rings. The lowest BCUT2D eigenvalue weighted by Gasteiger charge is -2.39. The molecule has 0 amide bonds. The van der Waals surface area contributed by atoms with Gasteiger partial charge in [-0.3, -0.25) is 4.79 Å². The van der Waals surface area contributed by atoms with E-state index in [4.69, 9.17) is 9.47 Å². The van der Waals surface area contributed by atoms with Crippen molar-refractivity contribution >= 4 is 15.8 Å². The van der Waals surface area contributed by atoms with Crippen LogP contribution < -0.4 is 0 Å². The first kappa shape index (κ1) is 22.8. The number of rotatable bonds is 5. The van der Waals surface area contributed by atoms with Crippen LogP contribution in [0.25, 0.3) is 0 Å². The quantitative estimate of drug-likeness (QED) is 0.388. The second-order valence-electron chi connectivity index (χ2n) is 8.79. The number of benzene rings is 4. The molecule has 0 unspecified atom stereocenters. The van der Waals surface area contributed by atoms with E-state index in [1.54, 1.807) is 54.6 Å². The number of methoxy groups -OCH3 is 1. The van der Waals surface area contributed by atoms with E-state index in [1.165, 1.54) is 23.5 Å². The Hall–Kier alpha value is -3.62. The highest BCUT2D eigenvalue weighted by molar-refractivity contribution is 7.89. The van der Waals surface area contributed by atoms with Crippen LogP contribution in [0.5, 0.6) is 0 Å². The first-order valence-corrected chi connectivity index (χ1v) is 13.0. The number of hydrogen-bond acceptors (Lipinski definition) is 5. The van der Waals surface area contributed by atoms with E-state index >= 15 is 0 Å². The van der Waals surface area contributed by atoms with Crippen molar-refractivity contribution < 1.29 is 22.7 Å². The van der Waals surface area contributed by atoms with Gasteiger partial charge in [-0.2, -0.15) is 0 Å². The molecule has 3 atom stereocenters. The third-order valence-electron chi connectivity index (χ3n) is 6.95. The second kappa shape index (κ2) is 8.21. The molecule has 2 heterocycles. The topological polar surface area (TPSA) is 72.9 Å². The molecule has 0 aromatic heterocycles. The number of hydrogen-bond donors (Lipinski definition) is 0. The molecule has 0 spiro atoms. The Bertz CT molecular complexity index is 1540. The third kappa shape index (κ3) is 2.94. The Kier molecular flexibility index (Phi) is 5.21. The van der Waals surface area contributed by atoms with E-state index in [1.807, 2.05) is 48.5 Å². The zero-order valence-corrected chi connectivity index (χ0v) is 20.3. The van der Waals surface area contributed by atoms with Crippen molar-refractivity contribution in [1.82, 2.24) is 4.31 Å². The molecule has 2 aliphatic rings. The summed E-state index contributed by atoms with van der Waals surface area (Å²) in [7, 11) is -2.84. The highest BCUT2D eigenvalue weighted by Gasteiger charge is 2.73. The standard InChI is InChI=1S/C29H23NO5S/c1-34-29-25-20-12-11-19-24(25)27(31)28(35-29,22-15-7-3-8-16-22)26(21-13-5-2-6-14-21)30(29)36(32,33)23-17-9-4-10-18-23/h2-20,26H,1H3/t26-,28+,29+/m1/s1. The fourth-order valence-corrected chi connectivity index (χ4v) is 7.24. The Balaban J connectivity index is 1.77. The molecular weight excluding hydrogens is 474 g/mol. The average Bonchev–Trinajstić information content (AvgIpc) is 3.24. The minimum atomic E-state index is -4.24. The number of Topliss-reactive ketones (excluding diaryl/α,β-unsaturated/α-hetero) is 1. The van der Waals surface area contributed by atoms with Gasteiger partial charge in [0.2, 0.25) is 15.8 Å². The van der Waals surface area contributed by atoms with Crippen LogP contribution >= 0.6 is 0 Å². The normalized spacial score (nSPS) is 25.5. The summed E-state index contributed by atoms with van der Waals surface area (Å²) >= 11 is 0. The summed E-state index contributed by atoms with van der Waals surface area (Å²) in [6, 6.07) is 32.2. The van der Waals surface area contributed by atoms with Gasteiger partial charge >= 0.3 is 0 Å². The molecule has 36 heavy (non-hydrogen) atoms. The molecule has 0 N–H and O–H groups in total. The van der Waals surface area contributed by atoms with Crippen LogP contribution in [0, 0.1) is 0 Å². The SMILES string of the molecule is CO[C@]12O[C@](c3ccccc3)(C(=O)c3ccccc31)[C@@H](c1ccccc1)N2S(=O)(=O)c1ccccc1. The van der Waals surface area contributed by atoms with Gasteiger partial charge in [-0.15, -0.1) is 4.31 Å². The molecule has 2 bridgehead atoms. The fraction of sp³-hybridized carbons (Fsp3) is 0.138. The molecule has 6 rings (SSSR count). The van der Waals surface area contributed by atoms with Gasteiger partial charge in [0.1, 0.15) is 0 Å². The van der Waals surface area contributed by atoms with Crippen molar-refractivity contribution in [3.05, 3.63) is 138 Å². The predicted octanol–water partition coefficient (Wildman–Crippen LogP) is 5.00. The average molecular weight is 498 g/mol. The van der Waals surface area contributed by atoms with Crippen molar-refractivity contribution in [2.45, 2.75) is 22.4 Å². The molecule has 7 heteroatoms. The molecule has 4 aromatic rings. The highest BCUT2D eigenvalue weighted by atomic mass is 32.2. The highest BCUT2D eigenvalue weighted by Crippen LogP contribution is 2.63. The van der Waals surface area contributed by atoms with Gasteiger partial charge in [-0.25, -0.2) is 8.42 Å². The van der Waals surface area contributed by atoms with E-state index in [-0.39, 0.29) is 10.7 Å². The second-order valence-corrected chi connectivity index (χ2v) is 10.6. The number of sulfonamides is 1. The molecule has 6 nitrogen and oxygen atoms in total. The minimum Gasteiger partial charge on any atom is -0.336 e. The fourth-order valence-electron chi connectivity index (χ4n) is 5.44. The monoisotopic (exact) mass is 497 g/mol. The first-order valence-electron chi connectivity index (χ1n) is 11.6. The number of fused-ring (bicyclic) bond motifs is 4. The third-order valence-corrected chi connectivity index (χ3v) is 8.79. The van der Waals surface area contributed by atoms with Crippen LogP contribution in [0.15, 0.2) is 120 Å². The lowest BCUT2D eigenvalue weighted by molar-refractivity contribution is -0.280. The maximum absolute atomic E-state index is 14.5. The van der Waals surface area contributed by atoms with E-state index in [9.17, 15) is 13.2 Å². The summed E-state index contributed by atoms with van der Waals surface area (Å²) in [5, 5.41) is 0. The summed E-state index contributed by atoms with van der Waals surface area (Å²) in [5.74, 6) is -2.20. The molecule has 4 aromatic carbocycles. The van der Waals surface area contributed by atoms with Crippen molar-refractivity contribution in [3.63, 3.8) is 0 Å². The van der Waals surface area contributed by atoms with Gasteiger partial charge < -0.3 is 9.47 Å². The number of nitrogens with zero attached hydrogens (tertiary/aromatic N) is 1. The van der Waals surface area contributed by atoms with Crippen LogP contribution in [0.1, 0.15) is 33.1 Å².